The minimum absolute atomic E-state index is 0.139. The van der Waals surface area contributed by atoms with Crippen molar-refractivity contribution in [2.24, 2.45) is 0 Å². The summed E-state index contributed by atoms with van der Waals surface area (Å²) in [6, 6.07) is 24.8. The summed E-state index contributed by atoms with van der Waals surface area (Å²) in [4.78, 5) is 0. The second kappa shape index (κ2) is 10.8. The third-order valence-electron chi connectivity index (χ3n) is 5.40. The first kappa shape index (κ1) is 21.9. The van der Waals surface area contributed by atoms with Crippen LogP contribution in [0.15, 0.2) is 79.0 Å². The minimum Gasteiger partial charge on any atom is -0.395 e. The van der Waals surface area contributed by atoms with Gasteiger partial charge >= 0.3 is 0 Å². The van der Waals surface area contributed by atoms with Gasteiger partial charge in [0.25, 0.3) is 0 Å². The molecule has 0 saturated heterocycles. The van der Waals surface area contributed by atoms with E-state index in [9.17, 15) is 0 Å². The molecule has 0 radical (unpaired) electrons. The molecule has 0 saturated carbocycles. The molecule has 4 aromatic rings. The number of aromatic nitrogens is 3. The van der Waals surface area contributed by atoms with Gasteiger partial charge in [0.15, 0.2) is 0 Å². The Balaban J connectivity index is 1.34. The van der Waals surface area contributed by atoms with Crippen molar-refractivity contribution >= 4 is 0 Å². The van der Waals surface area contributed by atoms with Crippen LogP contribution in [0.2, 0.25) is 0 Å². The molecule has 0 unspecified atom stereocenters. The average molecular weight is 429 g/mol. The molecule has 0 spiro atoms. The molecule has 0 aliphatic heterocycles. The largest absolute Gasteiger partial charge is 0.395 e. The summed E-state index contributed by atoms with van der Waals surface area (Å²) in [5.74, 6) is 0. The van der Waals surface area contributed by atoms with Crippen LogP contribution in [-0.4, -0.2) is 33.3 Å². The average Bonchev–Trinajstić information content (AvgIpc) is 3.30. The number of rotatable bonds is 10. The van der Waals surface area contributed by atoms with Gasteiger partial charge in [-0.25, -0.2) is 4.68 Å². The van der Waals surface area contributed by atoms with Gasteiger partial charge in [0.2, 0.25) is 0 Å². The molecule has 0 fully saturated rings. The van der Waals surface area contributed by atoms with Gasteiger partial charge in [-0.2, -0.15) is 0 Å². The van der Waals surface area contributed by atoms with E-state index in [1.54, 1.807) is 4.68 Å². The van der Waals surface area contributed by atoms with Gasteiger partial charge in [-0.1, -0.05) is 65.9 Å². The smallest absolute Gasteiger partial charge is 0.109 e. The second-order valence-corrected chi connectivity index (χ2v) is 7.67. The van der Waals surface area contributed by atoms with E-state index in [1.165, 1.54) is 22.3 Å². The fourth-order valence-corrected chi connectivity index (χ4v) is 3.60. The molecule has 0 bridgehead atoms. The van der Waals surface area contributed by atoms with Crippen molar-refractivity contribution in [1.82, 2.24) is 20.3 Å². The quantitative estimate of drug-likeness (QED) is 0.373. The van der Waals surface area contributed by atoms with Gasteiger partial charge in [0.1, 0.15) is 5.69 Å². The van der Waals surface area contributed by atoms with Crippen LogP contribution in [-0.2, 0) is 24.5 Å². The number of hydrogen-bond acceptors (Lipinski definition) is 5. The lowest BCUT2D eigenvalue weighted by atomic mass is 9.97. The zero-order valence-electron chi connectivity index (χ0n) is 18.2. The van der Waals surface area contributed by atoms with E-state index in [0.717, 1.165) is 23.5 Å². The van der Waals surface area contributed by atoms with E-state index in [-0.39, 0.29) is 6.61 Å². The van der Waals surface area contributed by atoms with E-state index < -0.39 is 0 Å². The van der Waals surface area contributed by atoms with Crippen LogP contribution in [0.25, 0.3) is 16.8 Å². The van der Waals surface area contributed by atoms with Crippen LogP contribution in [0.3, 0.4) is 0 Å². The Kier molecular flexibility index (Phi) is 7.40. The minimum atomic E-state index is 0.139. The molecule has 1 heterocycles. The molecule has 4 rings (SSSR count). The third-order valence-corrected chi connectivity index (χ3v) is 5.40. The maximum absolute atomic E-state index is 8.85. The van der Waals surface area contributed by atoms with Crippen LogP contribution in [0, 0.1) is 6.92 Å². The Morgan fingerprint density at radius 1 is 0.938 bits per heavy atom. The lowest BCUT2D eigenvalue weighted by Gasteiger charge is -2.11. The van der Waals surface area contributed by atoms with E-state index in [4.69, 9.17) is 9.84 Å². The van der Waals surface area contributed by atoms with Crippen LogP contribution in [0.1, 0.15) is 22.4 Å². The van der Waals surface area contributed by atoms with Crippen LogP contribution >= 0.6 is 0 Å². The molecular formula is C26H28N4O2. The molecule has 2 N–H and O–H groups in total. The monoisotopic (exact) mass is 428 g/mol. The molecule has 0 atom stereocenters. The highest BCUT2D eigenvalue weighted by Gasteiger charge is 2.08. The Morgan fingerprint density at radius 3 is 2.53 bits per heavy atom. The molecule has 0 aliphatic rings. The zero-order chi connectivity index (χ0) is 22.2. The highest BCUT2D eigenvalue weighted by Crippen LogP contribution is 2.26. The summed E-state index contributed by atoms with van der Waals surface area (Å²) in [6.07, 6.45) is 1.90. The van der Waals surface area contributed by atoms with Crippen LogP contribution in [0.5, 0.6) is 0 Å². The molecule has 0 amide bonds. The lowest BCUT2D eigenvalue weighted by Crippen LogP contribution is -2.17. The number of nitrogens with zero attached hydrogens (tertiary/aromatic N) is 3. The highest BCUT2D eigenvalue weighted by atomic mass is 16.5. The van der Waals surface area contributed by atoms with Crippen molar-refractivity contribution in [3.05, 3.63) is 101 Å². The number of benzene rings is 3. The lowest BCUT2D eigenvalue weighted by molar-refractivity contribution is 0.104. The first-order valence-electron chi connectivity index (χ1n) is 10.8. The SMILES string of the molecule is Cc1c(COCc2cn(-c3ccc(CNCCO)cc3)nn2)cccc1-c1ccccc1. The Morgan fingerprint density at radius 2 is 1.75 bits per heavy atom. The predicted molar refractivity (Wildman–Crippen MR) is 125 cm³/mol. The Hall–Kier alpha value is -3.32. The molecule has 0 aliphatic carbocycles. The van der Waals surface area contributed by atoms with E-state index >= 15 is 0 Å². The van der Waals surface area contributed by atoms with E-state index in [2.05, 4.69) is 65.0 Å². The number of hydrogen-bond donors (Lipinski definition) is 2. The summed E-state index contributed by atoms with van der Waals surface area (Å²) in [5.41, 5.74) is 7.73. The predicted octanol–water partition coefficient (Wildman–Crippen LogP) is 4.04. The van der Waals surface area contributed by atoms with Crippen LogP contribution < -0.4 is 5.32 Å². The number of ether oxygens (including phenoxy) is 1. The van der Waals surface area contributed by atoms with Crippen molar-refractivity contribution in [3.8, 4) is 16.8 Å². The summed E-state index contributed by atoms with van der Waals surface area (Å²) >= 11 is 0. The Labute approximate surface area is 188 Å². The van der Waals surface area contributed by atoms with Gasteiger partial charge < -0.3 is 15.2 Å². The molecule has 6 nitrogen and oxygen atoms in total. The molecule has 6 heteroatoms. The number of aliphatic hydroxyl groups excluding tert-OH is 1. The summed E-state index contributed by atoms with van der Waals surface area (Å²) in [6.45, 7) is 4.51. The summed E-state index contributed by atoms with van der Waals surface area (Å²) in [5, 5.41) is 20.5. The van der Waals surface area contributed by atoms with Gasteiger partial charge in [0, 0.05) is 13.1 Å². The van der Waals surface area contributed by atoms with E-state index in [0.29, 0.717) is 19.8 Å². The van der Waals surface area contributed by atoms with Crippen LogP contribution in [0.4, 0.5) is 0 Å². The van der Waals surface area contributed by atoms with Crippen molar-refractivity contribution in [2.45, 2.75) is 26.7 Å². The summed E-state index contributed by atoms with van der Waals surface area (Å²) in [7, 11) is 0. The normalized spacial score (nSPS) is 11.1. The van der Waals surface area contributed by atoms with Gasteiger partial charge in [-0.3, -0.25) is 0 Å². The standard InChI is InChI=1S/C26H28N4O2/c1-20-23(8-5-9-26(20)22-6-3-2-4-7-22)18-32-19-24-17-30(29-28-24)25-12-10-21(11-13-25)16-27-14-15-31/h2-13,17,27,31H,14-16,18-19H2,1H3. The van der Waals surface area contributed by atoms with Crippen molar-refractivity contribution in [1.29, 1.82) is 0 Å². The summed E-state index contributed by atoms with van der Waals surface area (Å²) < 4.78 is 7.71. The number of aliphatic hydroxyl groups is 1. The molecule has 32 heavy (non-hydrogen) atoms. The molecular weight excluding hydrogens is 400 g/mol. The first-order valence-corrected chi connectivity index (χ1v) is 10.8. The zero-order valence-corrected chi connectivity index (χ0v) is 18.2. The number of nitrogens with one attached hydrogen (secondary N) is 1. The van der Waals surface area contributed by atoms with E-state index in [1.807, 2.05) is 36.5 Å². The fourth-order valence-electron chi connectivity index (χ4n) is 3.60. The maximum atomic E-state index is 8.85. The van der Waals surface area contributed by atoms with Crippen molar-refractivity contribution in [2.75, 3.05) is 13.2 Å². The van der Waals surface area contributed by atoms with Gasteiger partial charge in [-0.05, 0) is 46.9 Å². The van der Waals surface area contributed by atoms with Gasteiger partial charge in [0.05, 0.1) is 31.7 Å². The second-order valence-electron chi connectivity index (χ2n) is 7.67. The third kappa shape index (κ3) is 5.48. The molecule has 3 aromatic carbocycles. The topological polar surface area (TPSA) is 72.2 Å². The Bertz CT molecular complexity index is 1120. The first-order chi connectivity index (χ1) is 15.7. The van der Waals surface area contributed by atoms with Crippen molar-refractivity contribution < 1.29 is 9.84 Å². The fraction of sp³-hybridized carbons (Fsp3) is 0.231. The highest BCUT2D eigenvalue weighted by molar-refractivity contribution is 5.68. The van der Waals surface area contributed by atoms with Crippen molar-refractivity contribution in [3.63, 3.8) is 0 Å². The molecule has 164 valence electrons. The maximum Gasteiger partial charge on any atom is 0.109 e. The van der Waals surface area contributed by atoms with Gasteiger partial charge in [-0.15, -0.1) is 5.10 Å². The molecule has 1 aromatic heterocycles.